The fourth-order valence-corrected chi connectivity index (χ4v) is 9.52. The van der Waals surface area contributed by atoms with Crippen molar-refractivity contribution in [1.29, 1.82) is 0 Å². The maximum atomic E-state index is 2.41. The molecule has 0 aliphatic rings. The van der Waals surface area contributed by atoms with E-state index < -0.39 is 0 Å². The number of benzene rings is 8. The third kappa shape index (κ3) is 4.82. The molecule has 3 heteroatoms. The first kappa shape index (κ1) is 28.3. The molecule has 2 heterocycles. The van der Waals surface area contributed by atoms with Gasteiger partial charge in [0.05, 0.1) is 0 Å². The highest BCUT2D eigenvalue weighted by Gasteiger charge is 2.17. The van der Waals surface area contributed by atoms with Crippen molar-refractivity contribution in [3.05, 3.63) is 176 Å². The molecule has 0 radical (unpaired) electrons. The normalized spacial score (nSPS) is 11.7. The van der Waals surface area contributed by atoms with Gasteiger partial charge in [-0.25, -0.2) is 0 Å². The van der Waals surface area contributed by atoms with Crippen LogP contribution in [-0.2, 0) is 0 Å². The molecule has 0 N–H and O–H groups in total. The average molecular weight is 660 g/mol. The van der Waals surface area contributed by atoms with Gasteiger partial charge >= 0.3 is 0 Å². The van der Waals surface area contributed by atoms with Gasteiger partial charge in [0.1, 0.15) is 0 Å². The minimum absolute atomic E-state index is 1.12. The van der Waals surface area contributed by atoms with E-state index in [1.165, 1.54) is 73.4 Å². The van der Waals surface area contributed by atoms with Gasteiger partial charge in [0, 0.05) is 57.4 Å². The third-order valence-electron chi connectivity index (χ3n) is 9.64. The highest BCUT2D eigenvalue weighted by atomic mass is 32.1. The number of anilines is 3. The quantitative estimate of drug-likeness (QED) is 0.178. The Hall–Kier alpha value is -5.74. The minimum Gasteiger partial charge on any atom is -0.310 e. The predicted octanol–water partition coefficient (Wildman–Crippen LogP) is 14.4. The maximum Gasteiger partial charge on any atom is 0.0468 e. The highest BCUT2D eigenvalue weighted by molar-refractivity contribution is 7.26. The molecule has 0 atom stereocenters. The summed E-state index contributed by atoms with van der Waals surface area (Å²) >= 11 is 3.73. The highest BCUT2D eigenvalue weighted by Crippen LogP contribution is 2.44. The Morgan fingerprint density at radius 3 is 1.84 bits per heavy atom. The SMILES string of the molecule is c1cc(-c2cccc3sc4ccccc4c23)cc(N(c2ccc(-c3ccc4ccccc4c3)cc2)c2ccc3sc4ccccc4c3c2)c1. The molecule has 0 aliphatic heterocycles. The van der Waals surface area contributed by atoms with Crippen molar-refractivity contribution in [3.8, 4) is 22.3 Å². The van der Waals surface area contributed by atoms with Crippen molar-refractivity contribution in [2.45, 2.75) is 0 Å². The van der Waals surface area contributed by atoms with Gasteiger partial charge in [-0.05, 0) is 99.8 Å². The molecule has 2 aromatic heterocycles. The van der Waals surface area contributed by atoms with E-state index in [-0.39, 0.29) is 0 Å². The molecular weight excluding hydrogens is 631 g/mol. The summed E-state index contributed by atoms with van der Waals surface area (Å²) in [4.78, 5) is 2.41. The number of fused-ring (bicyclic) bond motifs is 7. The molecule has 10 aromatic rings. The number of hydrogen-bond donors (Lipinski definition) is 0. The van der Waals surface area contributed by atoms with Crippen LogP contribution in [0.1, 0.15) is 0 Å². The summed E-state index contributed by atoms with van der Waals surface area (Å²) < 4.78 is 5.27. The molecule has 0 bridgehead atoms. The van der Waals surface area contributed by atoms with Gasteiger partial charge < -0.3 is 4.90 Å². The van der Waals surface area contributed by atoms with Crippen molar-refractivity contribution in [2.75, 3.05) is 4.90 Å². The molecule has 0 aliphatic carbocycles. The Morgan fingerprint density at radius 1 is 0.327 bits per heavy atom. The monoisotopic (exact) mass is 659 g/mol. The standard InChI is InChI=1S/C46H29NS2/c1-2-10-32-27-33(20-19-30(32)9-1)31-21-23-35(24-22-31)47(37-25-26-44-41(29-37)39-13-3-5-16-42(39)48-44)36-12-7-11-34(28-36)38-15-8-18-45-46(38)40-14-4-6-17-43(40)49-45/h1-29H. The van der Waals surface area contributed by atoms with Gasteiger partial charge in [0.25, 0.3) is 0 Å². The van der Waals surface area contributed by atoms with Crippen LogP contribution >= 0.6 is 22.7 Å². The largest absolute Gasteiger partial charge is 0.310 e. The lowest BCUT2D eigenvalue weighted by atomic mass is 9.98. The van der Waals surface area contributed by atoms with E-state index in [1.807, 2.05) is 22.7 Å². The van der Waals surface area contributed by atoms with Gasteiger partial charge in [-0.3, -0.25) is 0 Å². The van der Waals surface area contributed by atoms with E-state index in [9.17, 15) is 0 Å². The van der Waals surface area contributed by atoms with Crippen LogP contribution in [0.2, 0.25) is 0 Å². The van der Waals surface area contributed by atoms with Crippen LogP contribution in [0.15, 0.2) is 176 Å². The van der Waals surface area contributed by atoms with Crippen molar-refractivity contribution in [1.82, 2.24) is 0 Å². The first-order valence-electron chi connectivity index (χ1n) is 16.6. The number of hydrogen-bond acceptors (Lipinski definition) is 3. The lowest BCUT2D eigenvalue weighted by Gasteiger charge is -2.26. The van der Waals surface area contributed by atoms with Crippen molar-refractivity contribution in [2.24, 2.45) is 0 Å². The van der Waals surface area contributed by atoms with Crippen molar-refractivity contribution < 1.29 is 0 Å². The van der Waals surface area contributed by atoms with Gasteiger partial charge in [-0.1, -0.05) is 109 Å². The summed E-state index contributed by atoms with van der Waals surface area (Å²) in [5.41, 5.74) is 8.31. The predicted molar refractivity (Wildman–Crippen MR) is 215 cm³/mol. The molecule has 49 heavy (non-hydrogen) atoms. The Bertz CT molecular complexity index is 2840. The molecule has 1 nitrogen and oxygen atoms in total. The van der Waals surface area contributed by atoms with Crippen LogP contribution in [0.25, 0.3) is 73.4 Å². The Balaban J connectivity index is 1.14. The number of rotatable bonds is 5. The first-order valence-corrected chi connectivity index (χ1v) is 18.2. The van der Waals surface area contributed by atoms with Gasteiger partial charge in [-0.15, -0.1) is 22.7 Å². The second-order valence-electron chi connectivity index (χ2n) is 12.6. The van der Waals surface area contributed by atoms with Crippen LogP contribution in [0, 0.1) is 0 Å². The second kappa shape index (κ2) is 11.5. The zero-order valence-corrected chi connectivity index (χ0v) is 28.1. The van der Waals surface area contributed by atoms with Crippen molar-refractivity contribution in [3.63, 3.8) is 0 Å². The zero-order chi connectivity index (χ0) is 32.3. The first-order chi connectivity index (χ1) is 24.3. The molecule has 0 amide bonds. The van der Waals surface area contributed by atoms with E-state index in [4.69, 9.17) is 0 Å². The summed E-state index contributed by atoms with van der Waals surface area (Å²) in [6.45, 7) is 0. The van der Waals surface area contributed by atoms with Crippen molar-refractivity contribution >= 4 is 90.9 Å². The second-order valence-corrected chi connectivity index (χ2v) is 14.7. The third-order valence-corrected chi connectivity index (χ3v) is 11.9. The summed E-state index contributed by atoms with van der Waals surface area (Å²) in [6, 6.07) is 64.5. The number of thiophene rings is 2. The van der Waals surface area contributed by atoms with E-state index in [2.05, 4.69) is 181 Å². The molecule has 10 rings (SSSR count). The van der Waals surface area contributed by atoms with Gasteiger partial charge in [0.2, 0.25) is 0 Å². The molecule has 0 unspecified atom stereocenters. The van der Waals surface area contributed by atoms with E-state index >= 15 is 0 Å². The Morgan fingerprint density at radius 2 is 0.959 bits per heavy atom. The zero-order valence-electron chi connectivity index (χ0n) is 26.5. The number of nitrogens with zero attached hydrogens (tertiary/aromatic N) is 1. The smallest absolute Gasteiger partial charge is 0.0468 e. The molecule has 0 saturated heterocycles. The van der Waals surface area contributed by atoms with Gasteiger partial charge in [0.15, 0.2) is 0 Å². The lowest BCUT2D eigenvalue weighted by Crippen LogP contribution is -2.10. The van der Waals surface area contributed by atoms with Crippen LogP contribution in [0.5, 0.6) is 0 Å². The fourth-order valence-electron chi connectivity index (χ4n) is 7.30. The Labute approximate surface area is 292 Å². The fraction of sp³-hybridized carbons (Fsp3) is 0. The molecule has 0 spiro atoms. The summed E-state index contributed by atoms with van der Waals surface area (Å²) in [5.74, 6) is 0. The van der Waals surface area contributed by atoms with Crippen LogP contribution in [-0.4, -0.2) is 0 Å². The summed E-state index contributed by atoms with van der Waals surface area (Å²) in [5, 5.41) is 7.77. The topological polar surface area (TPSA) is 3.24 Å². The molecule has 230 valence electrons. The minimum atomic E-state index is 1.12. The molecule has 0 fully saturated rings. The van der Waals surface area contributed by atoms with E-state index in [1.54, 1.807) is 0 Å². The van der Waals surface area contributed by atoms with E-state index in [0.29, 0.717) is 0 Å². The average Bonchev–Trinajstić information content (AvgIpc) is 3.73. The molecular formula is C46H29NS2. The molecule has 0 saturated carbocycles. The van der Waals surface area contributed by atoms with Crippen LogP contribution in [0.4, 0.5) is 17.1 Å². The summed E-state index contributed by atoms with van der Waals surface area (Å²) in [6.07, 6.45) is 0. The lowest BCUT2D eigenvalue weighted by molar-refractivity contribution is 1.29. The van der Waals surface area contributed by atoms with Crippen LogP contribution in [0.3, 0.4) is 0 Å². The molecule has 8 aromatic carbocycles. The van der Waals surface area contributed by atoms with Crippen LogP contribution < -0.4 is 4.90 Å². The summed E-state index contributed by atoms with van der Waals surface area (Å²) in [7, 11) is 0. The van der Waals surface area contributed by atoms with Gasteiger partial charge in [-0.2, -0.15) is 0 Å². The Kier molecular flexibility index (Phi) is 6.61. The maximum absolute atomic E-state index is 2.41. The van der Waals surface area contributed by atoms with E-state index in [0.717, 1.165) is 17.1 Å².